The van der Waals surface area contributed by atoms with Gasteiger partial charge in [-0.1, -0.05) is 17.7 Å². The van der Waals surface area contributed by atoms with Crippen LogP contribution >= 0.6 is 0 Å². The van der Waals surface area contributed by atoms with Gasteiger partial charge in [-0.3, -0.25) is 9.89 Å². The lowest BCUT2D eigenvalue weighted by atomic mass is 9.94. The van der Waals surface area contributed by atoms with E-state index in [2.05, 4.69) is 15.5 Å². The lowest BCUT2D eigenvalue weighted by Gasteiger charge is -2.14. The molecule has 1 unspecified atom stereocenters. The second-order valence-electron chi connectivity index (χ2n) is 6.92. The number of aryl methyl sites for hydroxylation is 3. The van der Waals surface area contributed by atoms with Crippen molar-refractivity contribution in [3.05, 3.63) is 46.8 Å². The molecule has 0 radical (unpaired) electrons. The van der Waals surface area contributed by atoms with Crippen molar-refractivity contribution in [2.75, 3.05) is 13.2 Å². The number of nitrogens with zero attached hydrogens (tertiary/aromatic N) is 1. The van der Waals surface area contributed by atoms with Crippen LogP contribution in [0.2, 0.25) is 0 Å². The van der Waals surface area contributed by atoms with Crippen molar-refractivity contribution in [1.29, 1.82) is 0 Å². The van der Waals surface area contributed by atoms with Crippen molar-refractivity contribution >= 4 is 5.91 Å². The van der Waals surface area contributed by atoms with Gasteiger partial charge in [-0.2, -0.15) is 5.10 Å². The minimum absolute atomic E-state index is 0.0769. The zero-order chi connectivity index (χ0) is 18.4. The highest BCUT2D eigenvalue weighted by molar-refractivity contribution is 5.76. The first kappa shape index (κ1) is 18.5. The first-order chi connectivity index (χ1) is 12.6. The summed E-state index contributed by atoms with van der Waals surface area (Å²) in [6.45, 7) is 2.34. The third-order valence-electron chi connectivity index (χ3n) is 4.73. The van der Waals surface area contributed by atoms with Crippen molar-refractivity contribution < 1.29 is 14.6 Å². The summed E-state index contributed by atoms with van der Waals surface area (Å²) in [6, 6.07) is 7.64. The Morgan fingerprint density at radius 1 is 1.31 bits per heavy atom. The zero-order valence-corrected chi connectivity index (χ0v) is 15.3. The number of hydrogen-bond donors (Lipinski definition) is 3. The van der Waals surface area contributed by atoms with Crippen LogP contribution in [0, 0.1) is 6.92 Å². The summed E-state index contributed by atoms with van der Waals surface area (Å²) in [5.41, 5.74) is 4.70. The van der Waals surface area contributed by atoms with Crippen LogP contribution in [0.5, 0.6) is 5.75 Å². The molecule has 140 valence electrons. The Bertz CT molecular complexity index is 724. The van der Waals surface area contributed by atoms with E-state index in [1.807, 2.05) is 31.2 Å². The van der Waals surface area contributed by atoms with E-state index >= 15 is 0 Å². The molecule has 0 fully saturated rings. The van der Waals surface area contributed by atoms with Crippen LogP contribution in [0.4, 0.5) is 0 Å². The van der Waals surface area contributed by atoms with Crippen molar-refractivity contribution in [3.63, 3.8) is 0 Å². The highest BCUT2D eigenvalue weighted by Crippen LogP contribution is 2.22. The molecule has 1 heterocycles. The SMILES string of the molecule is Cc1ccc(OCC(O)CNC(=O)CCc2n[nH]c3c2CCCC3)cc1. The Labute approximate surface area is 154 Å². The van der Waals surface area contributed by atoms with E-state index in [0.717, 1.165) is 24.1 Å². The maximum Gasteiger partial charge on any atom is 0.220 e. The third-order valence-corrected chi connectivity index (χ3v) is 4.73. The van der Waals surface area contributed by atoms with Gasteiger partial charge in [0.2, 0.25) is 5.91 Å². The first-order valence-electron chi connectivity index (χ1n) is 9.31. The van der Waals surface area contributed by atoms with E-state index in [0.29, 0.717) is 18.6 Å². The highest BCUT2D eigenvalue weighted by Gasteiger charge is 2.17. The number of benzene rings is 1. The molecule has 6 nitrogen and oxygen atoms in total. The molecule has 1 aliphatic carbocycles. The predicted octanol–water partition coefficient (Wildman–Crippen LogP) is 2.09. The summed E-state index contributed by atoms with van der Waals surface area (Å²) in [7, 11) is 0. The van der Waals surface area contributed by atoms with E-state index in [-0.39, 0.29) is 19.1 Å². The summed E-state index contributed by atoms with van der Waals surface area (Å²) in [4.78, 5) is 12.0. The number of aromatic amines is 1. The summed E-state index contributed by atoms with van der Waals surface area (Å²) in [6.07, 6.45) is 4.78. The molecule has 26 heavy (non-hydrogen) atoms. The van der Waals surface area contributed by atoms with Crippen molar-refractivity contribution in [1.82, 2.24) is 15.5 Å². The maximum atomic E-state index is 12.0. The van der Waals surface area contributed by atoms with E-state index in [1.165, 1.54) is 24.1 Å². The van der Waals surface area contributed by atoms with Gasteiger partial charge in [0, 0.05) is 25.1 Å². The zero-order valence-electron chi connectivity index (χ0n) is 15.3. The molecular formula is C20H27N3O3. The van der Waals surface area contributed by atoms with Crippen LogP contribution in [0.1, 0.15) is 41.8 Å². The summed E-state index contributed by atoms with van der Waals surface area (Å²) in [5, 5.41) is 20.2. The molecule has 2 aromatic rings. The molecule has 1 aromatic carbocycles. The topological polar surface area (TPSA) is 87.2 Å². The molecule has 1 aromatic heterocycles. The Morgan fingerprint density at radius 2 is 2.08 bits per heavy atom. The first-order valence-corrected chi connectivity index (χ1v) is 9.31. The lowest BCUT2D eigenvalue weighted by molar-refractivity contribution is -0.121. The summed E-state index contributed by atoms with van der Waals surface area (Å²) < 4.78 is 5.52. The van der Waals surface area contributed by atoms with Gasteiger partial charge in [-0.05, 0) is 50.3 Å². The second kappa shape index (κ2) is 8.85. The summed E-state index contributed by atoms with van der Waals surface area (Å²) >= 11 is 0. The van der Waals surface area contributed by atoms with Gasteiger partial charge >= 0.3 is 0 Å². The number of hydrogen-bond acceptors (Lipinski definition) is 4. The molecule has 0 aliphatic heterocycles. The van der Waals surface area contributed by atoms with Crippen LogP contribution < -0.4 is 10.1 Å². The molecule has 0 saturated heterocycles. The van der Waals surface area contributed by atoms with Gasteiger partial charge < -0.3 is 15.2 Å². The summed E-state index contributed by atoms with van der Waals surface area (Å²) in [5.74, 6) is 0.635. The normalized spacial score (nSPS) is 14.5. The average molecular weight is 357 g/mol. The van der Waals surface area contributed by atoms with Gasteiger partial charge in [-0.15, -0.1) is 0 Å². The van der Waals surface area contributed by atoms with Crippen molar-refractivity contribution in [3.8, 4) is 5.75 Å². The van der Waals surface area contributed by atoms with E-state index < -0.39 is 6.10 Å². The molecule has 3 N–H and O–H groups in total. The molecule has 0 spiro atoms. The second-order valence-corrected chi connectivity index (χ2v) is 6.92. The fraction of sp³-hybridized carbons (Fsp3) is 0.500. The monoisotopic (exact) mass is 357 g/mol. The number of carbonyl (C=O) groups is 1. The Morgan fingerprint density at radius 3 is 2.88 bits per heavy atom. The van der Waals surface area contributed by atoms with Crippen LogP contribution in [0.3, 0.4) is 0 Å². The average Bonchev–Trinajstić information content (AvgIpc) is 3.07. The number of H-pyrrole nitrogens is 1. The van der Waals surface area contributed by atoms with Gasteiger partial charge in [0.25, 0.3) is 0 Å². The van der Waals surface area contributed by atoms with Gasteiger partial charge in [0.1, 0.15) is 18.5 Å². The molecule has 6 heteroatoms. The molecule has 1 atom stereocenters. The minimum atomic E-state index is -0.738. The van der Waals surface area contributed by atoms with Gasteiger partial charge in [0.05, 0.1) is 5.69 Å². The van der Waals surface area contributed by atoms with Gasteiger partial charge in [-0.25, -0.2) is 0 Å². The van der Waals surface area contributed by atoms with E-state index in [4.69, 9.17) is 4.74 Å². The van der Waals surface area contributed by atoms with Crippen molar-refractivity contribution in [2.24, 2.45) is 0 Å². The Kier molecular flexibility index (Phi) is 6.28. The molecular weight excluding hydrogens is 330 g/mol. The Balaban J connectivity index is 1.35. The molecule has 1 aliphatic rings. The molecule has 0 saturated carbocycles. The number of ether oxygens (including phenoxy) is 1. The number of aliphatic hydroxyl groups excluding tert-OH is 1. The number of carbonyl (C=O) groups excluding carboxylic acids is 1. The van der Waals surface area contributed by atoms with E-state index in [9.17, 15) is 9.90 Å². The standard InChI is InChI=1S/C20H27N3O3/c1-14-6-8-16(9-7-14)26-13-15(24)12-21-20(25)11-10-19-17-4-2-3-5-18(17)22-23-19/h6-9,15,24H,2-5,10-13H2,1H3,(H,21,25)(H,22,23). The smallest absolute Gasteiger partial charge is 0.220 e. The molecule has 3 rings (SSSR count). The van der Waals surface area contributed by atoms with Crippen LogP contribution in [0.15, 0.2) is 24.3 Å². The number of amides is 1. The highest BCUT2D eigenvalue weighted by atomic mass is 16.5. The number of fused-ring (bicyclic) bond motifs is 1. The molecule has 1 amide bonds. The number of aliphatic hydroxyl groups is 1. The fourth-order valence-electron chi connectivity index (χ4n) is 3.19. The quantitative estimate of drug-likeness (QED) is 0.675. The minimum Gasteiger partial charge on any atom is -0.491 e. The van der Waals surface area contributed by atoms with E-state index in [1.54, 1.807) is 0 Å². The van der Waals surface area contributed by atoms with Crippen LogP contribution in [-0.2, 0) is 24.1 Å². The lowest BCUT2D eigenvalue weighted by Crippen LogP contribution is -2.35. The fourth-order valence-corrected chi connectivity index (χ4v) is 3.19. The number of aromatic nitrogens is 2. The van der Waals surface area contributed by atoms with Crippen LogP contribution in [-0.4, -0.2) is 40.5 Å². The number of nitrogens with one attached hydrogen (secondary N) is 2. The molecule has 0 bridgehead atoms. The largest absolute Gasteiger partial charge is 0.491 e. The van der Waals surface area contributed by atoms with Crippen LogP contribution in [0.25, 0.3) is 0 Å². The Hall–Kier alpha value is -2.34. The third kappa shape index (κ3) is 5.08. The predicted molar refractivity (Wildman–Crippen MR) is 99.2 cm³/mol. The maximum absolute atomic E-state index is 12.0. The number of rotatable bonds is 8. The van der Waals surface area contributed by atoms with Crippen molar-refractivity contribution in [2.45, 2.75) is 51.6 Å². The van der Waals surface area contributed by atoms with Gasteiger partial charge in [0.15, 0.2) is 0 Å².